The predicted octanol–water partition coefficient (Wildman–Crippen LogP) is 1.34. The first-order chi connectivity index (χ1) is 12.8. The molecule has 5 nitrogen and oxygen atoms in total. The van der Waals surface area contributed by atoms with Crippen LogP contribution in [0.4, 0.5) is 5.69 Å². The molecular formula is C21H34N4O. The molecule has 26 heavy (non-hydrogen) atoms. The highest BCUT2D eigenvalue weighted by Gasteiger charge is 2.33. The summed E-state index contributed by atoms with van der Waals surface area (Å²) in [7, 11) is 0. The smallest absolute Gasteiger partial charge is 0.0558 e. The molecule has 0 aromatic heterocycles. The number of rotatable bonds is 5. The summed E-state index contributed by atoms with van der Waals surface area (Å²) in [6, 6.07) is 12.4. The number of para-hydroxylation sites is 1. The zero-order valence-electron chi connectivity index (χ0n) is 16.0. The molecule has 1 aromatic carbocycles. The van der Waals surface area contributed by atoms with E-state index in [0.29, 0.717) is 6.61 Å². The van der Waals surface area contributed by atoms with Crippen LogP contribution >= 0.6 is 0 Å². The summed E-state index contributed by atoms with van der Waals surface area (Å²) < 4.78 is 0. The van der Waals surface area contributed by atoms with Gasteiger partial charge >= 0.3 is 0 Å². The quantitative estimate of drug-likeness (QED) is 0.859. The van der Waals surface area contributed by atoms with E-state index in [2.05, 4.69) is 49.9 Å². The van der Waals surface area contributed by atoms with Crippen molar-refractivity contribution in [1.29, 1.82) is 0 Å². The number of hydrogen-bond acceptors (Lipinski definition) is 5. The number of piperidine rings is 1. The molecule has 0 bridgehead atoms. The first kappa shape index (κ1) is 18.2. The Hall–Kier alpha value is -1.14. The lowest BCUT2D eigenvalue weighted by Gasteiger charge is -2.44. The summed E-state index contributed by atoms with van der Waals surface area (Å²) in [6.45, 7) is 10.6. The van der Waals surface area contributed by atoms with Gasteiger partial charge in [-0.15, -0.1) is 0 Å². The SMILES string of the molecule is OCCN1CCN(C2CCN(C3CCN(c4ccccc4)C3)CC2)CC1. The summed E-state index contributed by atoms with van der Waals surface area (Å²) in [5, 5.41) is 9.09. The number of anilines is 1. The summed E-state index contributed by atoms with van der Waals surface area (Å²) >= 11 is 0. The van der Waals surface area contributed by atoms with Gasteiger partial charge in [0.2, 0.25) is 0 Å². The molecular weight excluding hydrogens is 324 g/mol. The van der Waals surface area contributed by atoms with Crippen LogP contribution in [0.2, 0.25) is 0 Å². The highest BCUT2D eigenvalue weighted by Crippen LogP contribution is 2.26. The van der Waals surface area contributed by atoms with Crippen LogP contribution in [0.15, 0.2) is 30.3 Å². The largest absolute Gasteiger partial charge is 0.395 e. The van der Waals surface area contributed by atoms with Crippen molar-refractivity contribution in [2.75, 3.05) is 70.4 Å². The van der Waals surface area contributed by atoms with Gasteiger partial charge in [0, 0.05) is 63.6 Å². The van der Waals surface area contributed by atoms with E-state index in [0.717, 1.165) is 31.7 Å². The highest BCUT2D eigenvalue weighted by molar-refractivity contribution is 5.47. The summed E-state index contributed by atoms with van der Waals surface area (Å²) in [6.07, 6.45) is 3.95. The first-order valence-corrected chi connectivity index (χ1v) is 10.4. The molecule has 4 rings (SSSR count). The molecule has 0 aliphatic carbocycles. The molecule has 0 radical (unpaired) electrons. The number of nitrogens with zero attached hydrogens (tertiary/aromatic N) is 4. The molecule has 3 saturated heterocycles. The van der Waals surface area contributed by atoms with Crippen LogP contribution in [0.3, 0.4) is 0 Å². The molecule has 3 fully saturated rings. The van der Waals surface area contributed by atoms with Gasteiger partial charge < -0.3 is 10.0 Å². The minimum absolute atomic E-state index is 0.291. The Balaban J connectivity index is 1.22. The number of hydrogen-bond donors (Lipinski definition) is 1. The van der Waals surface area contributed by atoms with Gasteiger partial charge in [-0.1, -0.05) is 18.2 Å². The van der Waals surface area contributed by atoms with E-state index in [1.54, 1.807) is 0 Å². The summed E-state index contributed by atoms with van der Waals surface area (Å²) in [5.74, 6) is 0. The molecule has 0 saturated carbocycles. The van der Waals surface area contributed by atoms with Crippen LogP contribution in [0.5, 0.6) is 0 Å². The fourth-order valence-electron chi connectivity index (χ4n) is 5.02. The van der Waals surface area contributed by atoms with Crippen LogP contribution in [-0.4, -0.2) is 97.4 Å². The number of piperazine rings is 1. The van der Waals surface area contributed by atoms with E-state index >= 15 is 0 Å². The number of aliphatic hydroxyl groups is 1. The maximum Gasteiger partial charge on any atom is 0.0558 e. The lowest BCUT2D eigenvalue weighted by atomic mass is 10.0. The minimum Gasteiger partial charge on any atom is -0.395 e. The first-order valence-electron chi connectivity index (χ1n) is 10.4. The number of benzene rings is 1. The minimum atomic E-state index is 0.291. The molecule has 1 unspecified atom stereocenters. The fourth-order valence-corrected chi connectivity index (χ4v) is 5.02. The molecule has 3 heterocycles. The molecule has 144 valence electrons. The van der Waals surface area contributed by atoms with Gasteiger partial charge in [0.1, 0.15) is 0 Å². The second-order valence-corrected chi connectivity index (χ2v) is 8.09. The molecule has 1 N–H and O–H groups in total. The monoisotopic (exact) mass is 358 g/mol. The highest BCUT2D eigenvalue weighted by atomic mass is 16.3. The maximum absolute atomic E-state index is 9.09. The Bertz CT molecular complexity index is 538. The Morgan fingerprint density at radius 3 is 2.12 bits per heavy atom. The summed E-state index contributed by atoms with van der Waals surface area (Å²) in [4.78, 5) is 10.4. The van der Waals surface area contributed by atoms with Gasteiger partial charge in [-0.25, -0.2) is 0 Å². The Labute approximate surface area is 158 Å². The molecule has 0 amide bonds. The van der Waals surface area contributed by atoms with E-state index in [9.17, 15) is 0 Å². The second-order valence-electron chi connectivity index (χ2n) is 8.09. The zero-order valence-corrected chi connectivity index (χ0v) is 16.0. The van der Waals surface area contributed by atoms with Gasteiger partial charge in [0.25, 0.3) is 0 Å². The van der Waals surface area contributed by atoms with Crippen LogP contribution in [0.1, 0.15) is 19.3 Å². The number of aliphatic hydroxyl groups excluding tert-OH is 1. The standard InChI is InChI=1S/C21H34N4O/c26-17-16-22-12-14-24(15-13-22)20-6-9-23(10-7-20)21-8-11-25(18-21)19-4-2-1-3-5-19/h1-5,20-21,26H,6-18H2. The predicted molar refractivity (Wildman–Crippen MR) is 107 cm³/mol. The van der Waals surface area contributed by atoms with Crippen LogP contribution in [0.25, 0.3) is 0 Å². The van der Waals surface area contributed by atoms with Crippen molar-refractivity contribution in [3.63, 3.8) is 0 Å². The third-order valence-corrected chi connectivity index (χ3v) is 6.64. The van der Waals surface area contributed by atoms with Crippen molar-refractivity contribution < 1.29 is 5.11 Å². The van der Waals surface area contributed by atoms with Crippen molar-refractivity contribution in [3.8, 4) is 0 Å². The molecule has 3 aliphatic heterocycles. The molecule has 5 heteroatoms. The third kappa shape index (κ3) is 4.22. The maximum atomic E-state index is 9.09. The third-order valence-electron chi connectivity index (χ3n) is 6.64. The van der Waals surface area contributed by atoms with Gasteiger partial charge in [-0.3, -0.25) is 14.7 Å². The normalized spacial score (nSPS) is 27.3. The van der Waals surface area contributed by atoms with E-state index in [1.807, 2.05) is 0 Å². The lowest BCUT2D eigenvalue weighted by Crippen LogP contribution is -2.54. The van der Waals surface area contributed by atoms with Gasteiger partial charge in [-0.05, 0) is 44.5 Å². The zero-order chi connectivity index (χ0) is 17.8. The van der Waals surface area contributed by atoms with Crippen molar-refractivity contribution >= 4 is 5.69 Å². The topological polar surface area (TPSA) is 33.2 Å². The average molecular weight is 359 g/mol. The Kier molecular flexibility index (Phi) is 6.10. The van der Waals surface area contributed by atoms with Crippen LogP contribution in [-0.2, 0) is 0 Å². The van der Waals surface area contributed by atoms with Crippen LogP contribution in [0, 0.1) is 0 Å². The lowest BCUT2D eigenvalue weighted by molar-refractivity contribution is 0.0453. The van der Waals surface area contributed by atoms with Crippen molar-refractivity contribution in [2.24, 2.45) is 0 Å². The van der Waals surface area contributed by atoms with E-state index < -0.39 is 0 Å². The molecule has 3 aliphatic rings. The second kappa shape index (κ2) is 8.70. The Morgan fingerprint density at radius 2 is 1.42 bits per heavy atom. The van der Waals surface area contributed by atoms with Gasteiger partial charge in [0.05, 0.1) is 6.61 Å². The average Bonchev–Trinajstić information content (AvgIpc) is 3.20. The van der Waals surface area contributed by atoms with Crippen LogP contribution < -0.4 is 4.90 Å². The Morgan fingerprint density at radius 1 is 0.769 bits per heavy atom. The van der Waals surface area contributed by atoms with Crippen molar-refractivity contribution in [1.82, 2.24) is 14.7 Å². The summed E-state index contributed by atoms with van der Waals surface area (Å²) in [5.41, 5.74) is 1.38. The van der Waals surface area contributed by atoms with E-state index in [4.69, 9.17) is 5.11 Å². The number of β-amino-alcohol motifs (C(OH)–C–C–N with tert-alkyl or cyclic N) is 1. The molecule has 1 atom stereocenters. The molecule has 1 aromatic rings. The van der Waals surface area contributed by atoms with Gasteiger partial charge in [-0.2, -0.15) is 0 Å². The van der Waals surface area contributed by atoms with E-state index in [-0.39, 0.29) is 0 Å². The van der Waals surface area contributed by atoms with Crippen molar-refractivity contribution in [2.45, 2.75) is 31.3 Å². The molecule has 0 spiro atoms. The van der Waals surface area contributed by atoms with E-state index in [1.165, 1.54) is 64.2 Å². The van der Waals surface area contributed by atoms with Crippen molar-refractivity contribution in [3.05, 3.63) is 30.3 Å². The van der Waals surface area contributed by atoms with Gasteiger partial charge in [0.15, 0.2) is 0 Å². The number of likely N-dealkylation sites (tertiary alicyclic amines) is 1. The fraction of sp³-hybridized carbons (Fsp3) is 0.714.